The highest BCUT2D eigenvalue weighted by Gasteiger charge is 2.16. The Balaban J connectivity index is 1.38. The zero-order chi connectivity index (χ0) is 27.9. The Morgan fingerprint density at radius 2 is 0.905 bits per heavy atom. The second-order valence-electron chi connectivity index (χ2n) is 10.6. The van der Waals surface area contributed by atoms with Gasteiger partial charge in [0.05, 0.1) is 11.4 Å². The maximum Gasteiger partial charge on any atom is 0.160 e. The monoisotopic (exact) mass is 534 g/mol. The largest absolute Gasteiger partial charge is 0.228 e. The molecule has 1 heterocycles. The first kappa shape index (κ1) is 24.2. The Bertz CT molecular complexity index is 2240. The van der Waals surface area contributed by atoms with E-state index in [0.29, 0.717) is 0 Å². The molecular weight excluding hydrogens is 508 g/mol. The summed E-state index contributed by atoms with van der Waals surface area (Å²) in [5.74, 6) is 0.717. The van der Waals surface area contributed by atoms with E-state index in [9.17, 15) is 0 Å². The number of nitrogens with zero attached hydrogens (tertiary/aromatic N) is 2. The zero-order valence-corrected chi connectivity index (χ0v) is 22.9. The van der Waals surface area contributed by atoms with Gasteiger partial charge in [-0.05, 0) is 61.6 Å². The summed E-state index contributed by atoms with van der Waals surface area (Å²) < 4.78 is 0. The molecule has 7 aromatic carbocycles. The van der Waals surface area contributed by atoms with Gasteiger partial charge in [-0.1, -0.05) is 140 Å². The van der Waals surface area contributed by atoms with E-state index in [4.69, 9.17) is 9.97 Å². The minimum Gasteiger partial charge on any atom is -0.228 e. The molecule has 0 spiro atoms. The lowest BCUT2D eigenvalue weighted by atomic mass is 9.93. The second-order valence-corrected chi connectivity index (χ2v) is 10.6. The number of hydrogen-bond donors (Lipinski definition) is 0. The van der Waals surface area contributed by atoms with Gasteiger partial charge in [0.1, 0.15) is 0 Å². The molecule has 0 unspecified atom stereocenters. The quantitative estimate of drug-likeness (QED) is 0.166. The normalized spacial score (nSPS) is 11.3. The maximum atomic E-state index is 5.17. The van der Waals surface area contributed by atoms with Gasteiger partial charge in [-0.25, -0.2) is 9.97 Å². The first-order valence-electron chi connectivity index (χ1n) is 14.3. The summed E-state index contributed by atoms with van der Waals surface area (Å²) in [6, 6.07) is 55.6. The van der Waals surface area contributed by atoms with Crippen LogP contribution in [0.4, 0.5) is 0 Å². The summed E-state index contributed by atoms with van der Waals surface area (Å²) in [7, 11) is 0. The molecule has 2 heteroatoms. The van der Waals surface area contributed by atoms with Gasteiger partial charge in [-0.2, -0.15) is 0 Å². The van der Waals surface area contributed by atoms with Crippen LogP contribution in [0, 0.1) is 0 Å². The smallest absolute Gasteiger partial charge is 0.160 e. The van der Waals surface area contributed by atoms with E-state index < -0.39 is 0 Å². The van der Waals surface area contributed by atoms with E-state index in [1.807, 2.05) is 18.2 Å². The van der Waals surface area contributed by atoms with Crippen LogP contribution in [0.1, 0.15) is 0 Å². The minimum absolute atomic E-state index is 0.717. The van der Waals surface area contributed by atoms with Crippen molar-refractivity contribution in [2.24, 2.45) is 0 Å². The lowest BCUT2D eigenvalue weighted by Gasteiger charge is -2.14. The average molecular weight is 535 g/mol. The van der Waals surface area contributed by atoms with Gasteiger partial charge in [0.25, 0.3) is 0 Å². The maximum absolute atomic E-state index is 5.17. The molecule has 42 heavy (non-hydrogen) atoms. The Kier molecular flexibility index (Phi) is 5.82. The fourth-order valence-corrected chi connectivity index (χ4v) is 6.02. The van der Waals surface area contributed by atoms with Crippen molar-refractivity contribution in [1.29, 1.82) is 0 Å². The van der Waals surface area contributed by atoms with Crippen molar-refractivity contribution in [1.82, 2.24) is 9.97 Å². The number of benzene rings is 7. The number of aromatic nitrogens is 2. The highest BCUT2D eigenvalue weighted by molar-refractivity contribution is 6.15. The molecule has 0 N–H and O–H groups in total. The lowest BCUT2D eigenvalue weighted by Crippen LogP contribution is -1.97. The summed E-state index contributed by atoms with van der Waals surface area (Å²) in [4.78, 5) is 10.3. The van der Waals surface area contributed by atoms with Crippen LogP contribution in [0.15, 0.2) is 158 Å². The van der Waals surface area contributed by atoms with Crippen LogP contribution in [0.2, 0.25) is 0 Å². The Morgan fingerprint density at radius 1 is 0.310 bits per heavy atom. The molecule has 0 radical (unpaired) electrons. The van der Waals surface area contributed by atoms with Crippen LogP contribution in [0.25, 0.3) is 77.3 Å². The van der Waals surface area contributed by atoms with Gasteiger partial charge in [0, 0.05) is 16.7 Å². The first-order chi connectivity index (χ1) is 20.8. The topological polar surface area (TPSA) is 25.8 Å². The van der Waals surface area contributed by atoms with Gasteiger partial charge in [0.15, 0.2) is 5.82 Å². The Morgan fingerprint density at radius 3 is 1.67 bits per heavy atom. The first-order valence-corrected chi connectivity index (χ1v) is 14.3. The third-order valence-corrected chi connectivity index (χ3v) is 8.07. The molecule has 196 valence electrons. The van der Waals surface area contributed by atoms with Gasteiger partial charge in [0.2, 0.25) is 0 Å². The van der Waals surface area contributed by atoms with Gasteiger partial charge in [-0.3, -0.25) is 0 Å². The molecule has 1 aromatic heterocycles. The highest BCUT2D eigenvalue weighted by Crippen LogP contribution is 2.38. The van der Waals surface area contributed by atoms with Gasteiger partial charge < -0.3 is 0 Å². The molecule has 0 fully saturated rings. The van der Waals surface area contributed by atoms with Crippen molar-refractivity contribution in [3.05, 3.63) is 158 Å². The summed E-state index contributed by atoms with van der Waals surface area (Å²) in [6.07, 6.45) is 0. The summed E-state index contributed by atoms with van der Waals surface area (Å²) in [5.41, 5.74) is 7.31. The molecule has 0 aliphatic carbocycles. The van der Waals surface area contributed by atoms with Crippen LogP contribution >= 0.6 is 0 Å². The fourth-order valence-electron chi connectivity index (χ4n) is 6.02. The predicted octanol–water partition coefficient (Wildman–Crippen LogP) is 10.6. The molecule has 0 bridgehead atoms. The summed E-state index contributed by atoms with van der Waals surface area (Å²) >= 11 is 0. The minimum atomic E-state index is 0.717. The standard InChI is InChI=1S/C40H26N2/c1-3-12-27(13-4-1)32-18-9-10-19-35(32)38-26-39(42-40(41-38)28-14-5-2-6-15-28)36-21-11-20-33-34(36)23-22-31-24-29-16-7-8-17-30(29)25-37(31)33/h1-26H. The zero-order valence-electron chi connectivity index (χ0n) is 22.9. The van der Waals surface area contributed by atoms with Crippen LogP contribution in [0.3, 0.4) is 0 Å². The van der Waals surface area contributed by atoms with E-state index in [-0.39, 0.29) is 0 Å². The van der Waals surface area contributed by atoms with Crippen molar-refractivity contribution in [3.63, 3.8) is 0 Å². The lowest BCUT2D eigenvalue weighted by molar-refractivity contribution is 1.19. The Labute approximate surface area is 244 Å². The number of rotatable bonds is 4. The summed E-state index contributed by atoms with van der Waals surface area (Å²) in [6.45, 7) is 0. The summed E-state index contributed by atoms with van der Waals surface area (Å²) in [5, 5.41) is 7.40. The highest BCUT2D eigenvalue weighted by atomic mass is 14.9. The second kappa shape index (κ2) is 10.1. The van der Waals surface area contributed by atoms with Crippen LogP contribution in [-0.4, -0.2) is 9.97 Å². The number of fused-ring (bicyclic) bond motifs is 4. The third kappa shape index (κ3) is 4.22. The predicted molar refractivity (Wildman–Crippen MR) is 176 cm³/mol. The molecule has 0 saturated heterocycles. The van der Waals surface area contributed by atoms with E-state index in [0.717, 1.165) is 39.5 Å². The fraction of sp³-hybridized carbons (Fsp3) is 0. The average Bonchev–Trinajstić information content (AvgIpc) is 3.07. The molecule has 0 aliphatic rings. The molecule has 0 amide bonds. The van der Waals surface area contributed by atoms with Crippen molar-refractivity contribution >= 4 is 32.3 Å². The number of hydrogen-bond acceptors (Lipinski definition) is 2. The van der Waals surface area contributed by atoms with Gasteiger partial charge >= 0.3 is 0 Å². The molecule has 2 nitrogen and oxygen atoms in total. The molecule has 0 saturated carbocycles. The van der Waals surface area contributed by atoms with Crippen molar-refractivity contribution in [2.45, 2.75) is 0 Å². The molecule has 8 rings (SSSR count). The molecule has 0 aliphatic heterocycles. The van der Waals surface area contributed by atoms with Crippen LogP contribution in [0.5, 0.6) is 0 Å². The van der Waals surface area contributed by atoms with Gasteiger partial charge in [-0.15, -0.1) is 0 Å². The van der Waals surface area contributed by atoms with E-state index >= 15 is 0 Å². The Hall–Kier alpha value is -5.60. The van der Waals surface area contributed by atoms with Crippen LogP contribution in [-0.2, 0) is 0 Å². The molecule has 0 atom stereocenters. The van der Waals surface area contributed by atoms with Crippen molar-refractivity contribution in [2.75, 3.05) is 0 Å². The SMILES string of the molecule is c1ccc(-c2nc(-c3ccccc3-c3ccccc3)cc(-c3cccc4c3ccc3cc5ccccc5cc34)n2)cc1. The van der Waals surface area contributed by atoms with E-state index in [2.05, 4.69) is 140 Å². The molecular formula is C40H26N2. The van der Waals surface area contributed by atoms with Crippen LogP contribution < -0.4 is 0 Å². The third-order valence-electron chi connectivity index (χ3n) is 8.07. The van der Waals surface area contributed by atoms with E-state index in [1.54, 1.807) is 0 Å². The van der Waals surface area contributed by atoms with E-state index in [1.165, 1.54) is 37.9 Å². The van der Waals surface area contributed by atoms with Crippen molar-refractivity contribution < 1.29 is 0 Å². The molecule has 8 aromatic rings. The van der Waals surface area contributed by atoms with Crippen molar-refractivity contribution in [3.8, 4) is 45.0 Å².